The van der Waals surface area contributed by atoms with Crippen LogP contribution in [-0.2, 0) is 0 Å². The van der Waals surface area contributed by atoms with E-state index in [0.29, 0.717) is 5.02 Å². The average Bonchev–Trinajstić information content (AvgIpc) is 2.40. The summed E-state index contributed by atoms with van der Waals surface area (Å²) in [5.74, 6) is 6.65. The molecule has 0 amide bonds. The maximum absolute atomic E-state index is 6.18. The Labute approximate surface area is 131 Å². The second-order valence-electron chi connectivity index (χ2n) is 5.36. The van der Waals surface area contributed by atoms with Crippen LogP contribution >= 0.6 is 11.6 Å². The number of hydrogen-bond acceptors (Lipinski definition) is 3. The van der Waals surface area contributed by atoms with E-state index in [4.69, 9.17) is 22.2 Å². The molecule has 0 spiro atoms. The monoisotopic (exact) mass is 304 g/mol. The predicted octanol–water partition coefficient (Wildman–Crippen LogP) is 3.83. The molecule has 0 fully saturated rings. The molecule has 3 nitrogen and oxygen atoms in total. The molecule has 0 saturated heterocycles. The van der Waals surface area contributed by atoms with E-state index in [1.54, 1.807) is 7.11 Å². The summed E-state index contributed by atoms with van der Waals surface area (Å²) in [4.78, 5) is 0. The lowest BCUT2D eigenvalue weighted by Crippen LogP contribution is -2.30. The summed E-state index contributed by atoms with van der Waals surface area (Å²) in [6.07, 6.45) is 0. The molecule has 3 N–H and O–H groups in total. The van der Waals surface area contributed by atoms with Crippen molar-refractivity contribution in [2.75, 3.05) is 7.11 Å². The highest BCUT2D eigenvalue weighted by molar-refractivity contribution is 6.30. The van der Waals surface area contributed by atoms with Gasteiger partial charge in [-0.15, -0.1) is 0 Å². The first-order valence-electron chi connectivity index (χ1n) is 6.84. The molecule has 0 aliphatic rings. The van der Waals surface area contributed by atoms with Gasteiger partial charge in [-0.25, -0.2) is 5.43 Å². The summed E-state index contributed by atoms with van der Waals surface area (Å²) in [7, 11) is 1.68. The van der Waals surface area contributed by atoms with Gasteiger partial charge in [-0.2, -0.15) is 0 Å². The molecule has 0 saturated carbocycles. The number of hydrazine groups is 1. The second-order valence-corrected chi connectivity index (χ2v) is 5.80. The molecule has 0 aliphatic carbocycles. The van der Waals surface area contributed by atoms with Crippen LogP contribution in [-0.4, -0.2) is 7.11 Å². The van der Waals surface area contributed by atoms with Crippen LogP contribution in [0.3, 0.4) is 0 Å². The standard InChI is InChI=1S/C17H21ClN2O/c1-10-5-12(3)16(15(8-10)21-4)17(20-19)13-6-11(2)7-14(18)9-13/h5-9,17,20H,19H2,1-4H3. The van der Waals surface area contributed by atoms with Crippen LogP contribution in [0, 0.1) is 20.8 Å². The zero-order valence-electron chi connectivity index (χ0n) is 12.8. The van der Waals surface area contributed by atoms with Gasteiger partial charge in [0.25, 0.3) is 0 Å². The molecule has 0 aromatic heterocycles. The Balaban J connectivity index is 2.61. The summed E-state index contributed by atoms with van der Waals surface area (Å²) < 4.78 is 5.54. The van der Waals surface area contributed by atoms with Crippen LogP contribution in [0.1, 0.15) is 33.9 Å². The minimum atomic E-state index is -0.169. The zero-order valence-corrected chi connectivity index (χ0v) is 13.6. The SMILES string of the molecule is COc1cc(C)cc(C)c1C(NN)c1cc(C)cc(Cl)c1. The van der Waals surface area contributed by atoms with Gasteiger partial charge in [0, 0.05) is 10.6 Å². The van der Waals surface area contributed by atoms with E-state index in [1.165, 1.54) is 0 Å². The molecule has 0 bridgehead atoms. The zero-order chi connectivity index (χ0) is 15.6. The fraction of sp³-hybridized carbons (Fsp3) is 0.294. The summed E-state index contributed by atoms with van der Waals surface area (Å²) in [6.45, 7) is 6.13. The molecule has 112 valence electrons. The van der Waals surface area contributed by atoms with Crippen molar-refractivity contribution in [2.24, 2.45) is 5.84 Å². The first kappa shape index (κ1) is 15.8. The van der Waals surface area contributed by atoms with Crippen LogP contribution < -0.4 is 16.0 Å². The molecule has 0 aliphatic heterocycles. The Morgan fingerprint density at radius 1 is 1.05 bits per heavy atom. The van der Waals surface area contributed by atoms with Gasteiger partial charge in [-0.1, -0.05) is 23.7 Å². The van der Waals surface area contributed by atoms with Crippen LogP contribution in [0.2, 0.25) is 5.02 Å². The number of benzene rings is 2. The van der Waals surface area contributed by atoms with Crippen molar-refractivity contribution in [1.29, 1.82) is 0 Å². The van der Waals surface area contributed by atoms with E-state index in [-0.39, 0.29) is 6.04 Å². The summed E-state index contributed by atoms with van der Waals surface area (Å²) in [6, 6.07) is 9.91. The fourth-order valence-corrected chi connectivity index (χ4v) is 3.05. The quantitative estimate of drug-likeness (QED) is 0.666. The molecular formula is C17H21ClN2O. The number of nitrogens with one attached hydrogen (secondary N) is 1. The molecule has 21 heavy (non-hydrogen) atoms. The Bertz CT molecular complexity index is 635. The molecule has 4 heteroatoms. The van der Waals surface area contributed by atoms with Gasteiger partial charge in [-0.3, -0.25) is 5.84 Å². The Morgan fingerprint density at radius 2 is 1.71 bits per heavy atom. The maximum atomic E-state index is 6.18. The Kier molecular flexibility index (Phi) is 4.88. The number of ether oxygens (including phenoxy) is 1. The number of halogens is 1. The smallest absolute Gasteiger partial charge is 0.124 e. The molecule has 0 radical (unpaired) electrons. The Morgan fingerprint density at radius 3 is 2.29 bits per heavy atom. The largest absolute Gasteiger partial charge is 0.496 e. The van der Waals surface area contributed by atoms with Crippen molar-refractivity contribution in [2.45, 2.75) is 26.8 Å². The number of hydrogen-bond donors (Lipinski definition) is 2. The van der Waals surface area contributed by atoms with Crippen molar-refractivity contribution in [3.63, 3.8) is 0 Å². The van der Waals surface area contributed by atoms with Crippen LogP contribution in [0.4, 0.5) is 0 Å². The third-order valence-corrected chi connectivity index (χ3v) is 3.78. The average molecular weight is 305 g/mol. The van der Waals surface area contributed by atoms with Gasteiger partial charge in [0.2, 0.25) is 0 Å². The van der Waals surface area contributed by atoms with E-state index in [2.05, 4.69) is 24.5 Å². The molecule has 2 aromatic rings. The summed E-state index contributed by atoms with van der Waals surface area (Å²) in [5, 5.41) is 0.703. The normalized spacial score (nSPS) is 12.3. The van der Waals surface area contributed by atoms with E-state index in [0.717, 1.165) is 33.6 Å². The van der Waals surface area contributed by atoms with Gasteiger partial charge in [0.1, 0.15) is 5.75 Å². The highest BCUT2D eigenvalue weighted by atomic mass is 35.5. The first-order chi connectivity index (χ1) is 9.96. The highest BCUT2D eigenvalue weighted by Crippen LogP contribution is 2.34. The molecular weight excluding hydrogens is 284 g/mol. The second kappa shape index (κ2) is 6.48. The van der Waals surface area contributed by atoms with Gasteiger partial charge in [-0.05, 0) is 61.2 Å². The molecule has 0 heterocycles. The summed E-state index contributed by atoms with van der Waals surface area (Å²) >= 11 is 6.18. The molecule has 2 aromatic carbocycles. The minimum Gasteiger partial charge on any atom is -0.496 e. The van der Waals surface area contributed by atoms with E-state index in [9.17, 15) is 0 Å². The van der Waals surface area contributed by atoms with Gasteiger partial charge >= 0.3 is 0 Å². The van der Waals surface area contributed by atoms with Crippen LogP contribution in [0.15, 0.2) is 30.3 Å². The lowest BCUT2D eigenvalue weighted by Gasteiger charge is -2.23. The van der Waals surface area contributed by atoms with E-state index >= 15 is 0 Å². The highest BCUT2D eigenvalue weighted by Gasteiger charge is 2.20. The van der Waals surface area contributed by atoms with Crippen molar-refractivity contribution >= 4 is 11.6 Å². The molecule has 2 rings (SSSR count). The van der Waals surface area contributed by atoms with Crippen LogP contribution in [0.25, 0.3) is 0 Å². The third kappa shape index (κ3) is 3.38. The van der Waals surface area contributed by atoms with E-state index in [1.807, 2.05) is 32.0 Å². The van der Waals surface area contributed by atoms with Gasteiger partial charge in [0.15, 0.2) is 0 Å². The molecule has 1 unspecified atom stereocenters. The van der Waals surface area contributed by atoms with Gasteiger partial charge < -0.3 is 4.74 Å². The van der Waals surface area contributed by atoms with Crippen molar-refractivity contribution in [3.8, 4) is 5.75 Å². The topological polar surface area (TPSA) is 47.3 Å². The van der Waals surface area contributed by atoms with Crippen molar-refractivity contribution in [1.82, 2.24) is 5.43 Å². The van der Waals surface area contributed by atoms with Gasteiger partial charge in [0.05, 0.1) is 13.2 Å². The molecule has 1 atom stereocenters. The minimum absolute atomic E-state index is 0.169. The third-order valence-electron chi connectivity index (χ3n) is 3.57. The first-order valence-corrected chi connectivity index (χ1v) is 7.22. The number of nitrogens with two attached hydrogens (primary N) is 1. The van der Waals surface area contributed by atoms with E-state index < -0.39 is 0 Å². The fourth-order valence-electron chi connectivity index (χ4n) is 2.76. The number of rotatable bonds is 4. The van der Waals surface area contributed by atoms with Crippen molar-refractivity contribution < 1.29 is 4.74 Å². The predicted molar refractivity (Wildman–Crippen MR) is 87.8 cm³/mol. The summed E-state index contributed by atoms with van der Waals surface area (Å²) in [5.41, 5.74) is 8.33. The van der Waals surface area contributed by atoms with Crippen LogP contribution in [0.5, 0.6) is 5.75 Å². The lowest BCUT2D eigenvalue weighted by atomic mass is 9.92. The van der Waals surface area contributed by atoms with Crippen molar-refractivity contribution in [3.05, 3.63) is 63.2 Å². The number of methoxy groups -OCH3 is 1. The lowest BCUT2D eigenvalue weighted by molar-refractivity contribution is 0.403. The number of aryl methyl sites for hydroxylation is 3. The Hall–Kier alpha value is -1.55. The maximum Gasteiger partial charge on any atom is 0.124 e.